The number of nitrogens with zero attached hydrogens (tertiary/aromatic N) is 3. The van der Waals surface area contributed by atoms with Crippen LogP contribution in [0.25, 0.3) is 0 Å². The predicted molar refractivity (Wildman–Crippen MR) is 106 cm³/mol. The third-order valence-corrected chi connectivity index (χ3v) is 4.79. The summed E-state index contributed by atoms with van der Waals surface area (Å²) in [7, 11) is 3.88. The Hall–Kier alpha value is -2.25. The third-order valence-electron chi connectivity index (χ3n) is 3.91. The van der Waals surface area contributed by atoms with Crippen molar-refractivity contribution in [3.8, 4) is 0 Å². The van der Waals surface area contributed by atoms with E-state index >= 15 is 0 Å². The van der Waals surface area contributed by atoms with Crippen LogP contribution in [-0.4, -0.2) is 60.3 Å². The van der Waals surface area contributed by atoms with E-state index in [2.05, 4.69) is 17.2 Å². The first-order valence-electron chi connectivity index (χ1n) is 8.64. The number of nitrogens with one attached hydrogen (secondary N) is 1. The summed E-state index contributed by atoms with van der Waals surface area (Å²) in [6.45, 7) is 5.11. The molecule has 140 valence electrons. The molecule has 2 amide bonds. The van der Waals surface area contributed by atoms with E-state index in [1.165, 1.54) is 16.9 Å². The van der Waals surface area contributed by atoms with Gasteiger partial charge < -0.3 is 15.1 Å². The van der Waals surface area contributed by atoms with Gasteiger partial charge in [0.05, 0.1) is 5.69 Å². The first kappa shape index (κ1) is 20.1. The van der Waals surface area contributed by atoms with Crippen LogP contribution in [-0.2, 0) is 11.2 Å². The molecule has 0 atom stereocenters. The highest BCUT2D eigenvalue weighted by Gasteiger charge is 2.19. The second kappa shape index (κ2) is 9.45. The summed E-state index contributed by atoms with van der Waals surface area (Å²) in [6, 6.07) is 7.56. The average molecular weight is 375 g/mol. The van der Waals surface area contributed by atoms with Crippen molar-refractivity contribution >= 4 is 28.3 Å². The lowest BCUT2D eigenvalue weighted by molar-refractivity contribution is -0.116. The number of hydrogen-bond acceptors (Lipinski definition) is 5. The van der Waals surface area contributed by atoms with Gasteiger partial charge in [0.2, 0.25) is 5.91 Å². The van der Waals surface area contributed by atoms with Crippen molar-refractivity contribution in [2.45, 2.75) is 20.3 Å². The number of hydrogen-bond donors (Lipinski definition) is 1. The molecular formula is C19H26N4O2S. The van der Waals surface area contributed by atoms with Gasteiger partial charge in [-0.1, -0.05) is 19.1 Å². The van der Waals surface area contributed by atoms with Gasteiger partial charge >= 0.3 is 0 Å². The van der Waals surface area contributed by atoms with Gasteiger partial charge in [0.15, 0.2) is 5.13 Å². The van der Waals surface area contributed by atoms with Crippen molar-refractivity contribution in [1.82, 2.24) is 14.8 Å². The number of likely N-dealkylation sites (N-methyl/N-ethyl adjacent to an activating group) is 1. The van der Waals surface area contributed by atoms with E-state index in [0.717, 1.165) is 12.1 Å². The Labute approximate surface area is 158 Å². The number of aryl methyl sites for hydroxylation is 2. The molecule has 0 aliphatic rings. The molecule has 2 aromatic rings. The Kier molecular flexibility index (Phi) is 7.29. The third kappa shape index (κ3) is 5.93. The molecule has 2 rings (SSSR count). The maximum absolute atomic E-state index is 12.9. The number of aromatic nitrogens is 1. The molecule has 0 unspecified atom stereocenters. The molecule has 0 aliphatic carbocycles. The molecule has 0 fully saturated rings. The first-order valence-corrected chi connectivity index (χ1v) is 9.52. The van der Waals surface area contributed by atoms with Gasteiger partial charge in [-0.05, 0) is 45.1 Å². The minimum atomic E-state index is -0.239. The molecular weight excluding hydrogens is 348 g/mol. The van der Waals surface area contributed by atoms with Crippen LogP contribution < -0.4 is 5.32 Å². The maximum Gasteiger partial charge on any atom is 0.254 e. The van der Waals surface area contributed by atoms with E-state index in [1.807, 2.05) is 55.6 Å². The lowest BCUT2D eigenvalue weighted by Gasteiger charge is -2.24. The molecule has 26 heavy (non-hydrogen) atoms. The summed E-state index contributed by atoms with van der Waals surface area (Å²) < 4.78 is 0. The summed E-state index contributed by atoms with van der Waals surface area (Å²) in [6.07, 6.45) is 0.925. The molecule has 0 spiro atoms. The molecule has 7 heteroatoms. The summed E-state index contributed by atoms with van der Waals surface area (Å²) in [5, 5.41) is 5.20. The number of amides is 2. The van der Waals surface area contributed by atoms with Crippen LogP contribution in [0.3, 0.4) is 0 Å². The average Bonchev–Trinajstić information content (AvgIpc) is 3.02. The molecule has 1 aromatic carbocycles. The molecule has 0 radical (unpaired) electrons. The van der Waals surface area contributed by atoms with Crippen molar-refractivity contribution in [2.75, 3.05) is 39.0 Å². The molecule has 1 N–H and O–H groups in total. The van der Waals surface area contributed by atoms with Crippen LogP contribution >= 0.6 is 11.3 Å². The number of carbonyl (C=O) groups is 2. The van der Waals surface area contributed by atoms with Gasteiger partial charge in [0, 0.05) is 24.0 Å². The Morgan fingerprint density at radius 1 is 1.15 bits per heavy atom. The van der Waals surface area contributed by atoms with Crippen LogP contribution in [0, 0.1) is 6.92 Å². The van der Waals surface area contributed by atoms with Gasteiger partial charge in [0.1, 0.15) is 6.54 Å². The van der Waals surface area contributed by atoms with Crippen molar-refractivity contribution < 1.29 is 9.59 Å². The van der Waals surface area contributed by atoms with Gasteiger partial charge in [-0.3, -0.25) is 9.59 Å². The SMILES string of the molecule is CCc1ccc(C(=O)N(CCN(C)C)CC(=O)Nc2nc(C)cs2)cc1. The normalized spacial score (nSPS) is 10.8. The lowest BCUT2D eigenvalue weighted by Crippen LogP contribution is -2.41. The monoisotopic (exact) mass is 374 g/mol. The summed E-state index contributed by atoms with van der Waals surface area (Å²) in [4.78, 5) is 33.0. The minimum absolute atomic E-state index is 0.000824. The van der Waals surface area contributed by atoms with Crippen LogP contribution in [0.4, 0.5) is 5.13 Å². The van der Waals surface area contributed by atoms with E-state index in [-0.39, 0.29) is 18.4 Å². The number of rotatable bonds is 8. The highest BCUT2D eigenvalue weighted by atomic mass is 32.1. The van der Waals surface area contributed by atoms with Crippen molar-refractivity contribution in [2.24, 2.45) is 0 Å². The zero-order valence-electron chi connectivity index (χ0n) is 15.8. The number of thiazole rings is 1. The van der Waals surface area contributed by atoms with Crippen LogP contribution in [0.2, 0.25) is 0 Å². The predicted octanol–water partition coefficient (Wildman–Crippen LogP) is 2.66. The zero-order chi connectivity index (χ0) is 19.1. The van der Waals surface area contributed by atoms with E-state index in [4.69, 9.17) is 0 Å². The summed E-state index contributed by atoms with van der Waals surface area (Å²) in [5.74, 6) is -0.378. The first-order chi connectivity index (χ1) is 12.4. The maximum atomic E-state index is 12.9. The highest BCUT2D eigenvalue weighted by Crippen LogP contribution is 2.14. The van der Waals surface area contributed by atoms with E-state index in [0.29, 0.717) is 23.8 Å². The molecule has 1 aromatic heterocycles. The fourth-order valence-electron chi connectivity index (χ4n) is 2.38. The smallest absolute Gasteiger partial charge is 0.254 e. The standard InChI is InChI=1S/C19H26N4O2S/c1-5-15-6-8-16(9-7-15)18(25)23(11-10-22(3)4)12-17(24)21-19-20-14(2)13-26-19/h6-9,13H,5,10-12H2,1-4H3,(H,20,21,24). The number of anilines is 1. The highest BCUT2D eigenvalue weighted by molar-refractivity contribution is 7.13. The second-order valence-corrected chi connectivity index (χ2v) is 7.28. The van der Waals surface area contributed by atoms with E-state index in [9.17, 15) is 9.59 Å². The van der Waals surface area contributed by atoms with Crippen molar-refractivity contribution in [1.29, 1.82) is 0 Å². The van der Waals surface area contributed by atoms with Gasteiger partial charge in [-0.15, -0.1) is 11.3 Å². The largest absolute Gasteiger partial charge is 0.328 e. The summed E-state index contributed by atoms with van der Waals surface area (Å²) in [5.41, 5.74) is 2.64. The quantitative estimate of drug-likeness (QED) is 0.771. The van der Waals surface area contributed by atoms with Gasteiger partial charge in [-0.25, -0.2) is 4.98 Å². The second-order valence-electron chi connectivity index (χ2n) is 6.42. The van der Waals surface area contributed by atoms with Crippen molar-refractivity contribution in [3.05, 3.63) is 46.5 Å². The van der Waals surface area contributed by atoms with Gasteiger partial charge in [-0.2, -0.15) is 0 Å². The molecule has 0 saturated heterocycles. The van der Waals surface area contributed by atoms with E-state index in [1.54, 1.807) is 4.90 Å². The Morgan fingerprint density at radius 2 is 1.85 bits per heavy atom. The molecule has 1 heterocycles. The number of benzene rings is 1. The Morgan fingerprint density at radius 3 is 2.38 bits per heavy atom. The van der Waals surface area contributed by atoms with Gasteiger partial charge in [0.25, 0.3) is 5.91 Å². The lowest BCUT2D eigenvalue weighted by atomic mass is 10.1. The van der Waals surface area contributed by atoms with Crippen molar-refractivity contribution in [3.63, 3.8) is 0 Å². The van der Waals surface area contributed by atoms with Crippen LogP contribution in [0.5, 0.6) is 0 Å². The Bertz CT molecular complexity index is 740. The molecule has 0 bridgehead atoms. The topological polar surface area (TPSA) is 65.5 Å². The number of carbonyl (C=O) groups excluding carboxylic acids is 2. The molecule has 0 aliphatic heterocycles. The molecule has 6 nitrogen and oxygen atoms in total. The fourth-order valence-corrected chi connectivity index (χ4v) is 3.09. The molecule has 0 saturated carbocycles. The Balaban J connectivity index is 2.07. The fraction of sp³-hybridized carbons (Fsp3) is 0.421. The summed E-state index contributed by atoms with van der Waals surface area (Å²) >= 11 is 1.38. The minimum Gasteiger partial charge on any atom is -0.328 e. The zero-order valence-corrected chi connectivity index (χ0v) is 16.6. The van der Waals surface area contributed by atoms with Crippen LogP contribution in [0.1, 0.15) is 28.5 Å². The van der Waals surface area contributed by atoms with E-state index < -0.39 is 0 Å². The van der Waals surface area contributed by atoms with Crippen LogP contribution in [0.15, 0.2) is 29.6 Å².